The van der Waals surface area contributed by atoms with Gasteiger partial charge in [-0.3, -0.25) is 9.78 Å². The second-order valence-corrected chi connectivity index (χ2v) is 8.61. The molecule has 1 saturated heterocycles. The number of hydrogen-bond donors (Lipinski definition) is 1. The summed E-state index contributed by atoms with van der Waals surface area (Å²) in [5.74, 6) is -0.266. The van der Waals surface area contributed by atoms with Gasteiger partial charge in [0.2, 0.25) is 0 Å². The van der Waals surface area contributed by atoms with Gasteiger partial charge in [-0.25, -0.2) is 0 Å². The Hall–Kier alpha value is -2.90. The van der Waals surface area contributed by atoms with Crippen molar-refractivity contribution in [2.75, 3.05) is 13.7 Å². The molecular formula is C24H25ClN4O2S. The van der Waals surface area contributed by atoms with Crippen molar-refractivity contribution in [2.45, 2.75) is 32.4 Å². The van der Waals surface area contributed by atoms with Gasteiger partial charge in [-0.15, -0.1) is 0 Å². The number of carbonyl (C=O) groups excluding carboxylic acids is 1. The maximum atomic E-state index is 11.9. The normalized spacial score (nSPS) is 18.0. The fraction of sp³-hybridized carbons (Fsp3) is 0.292. The lowest BCUT2D eigenvalue weighted by Crippen LogP contribution is -2.32. The van der Waals surface area contributed by atoms with Gasteiger partial charge in [0.15, 0.2) is 5.11 Å². The van der Waals surface area contributed by atoms with Gasteiger partial charge in [-0.1, -0.05) is 23.7 Å². The highest BCUT2D eigenvalue weighted by Crippen LogP contribution is 2.41. The molecule has 32 heavy (non-hydrogen) atoms. The van der Waals surface area contributed by atoms with Crippen LogP contribution in [0.5, 0.6) is 0 Å². The molecule has 1 N–H and O–H groups in total. The van der Waals surface area contributed by atoms with E-state index in [4.69, 9.17) is 28.6 Å². The Morgan fingerprint density at radius 2 is 2.03 bits per heavy atom. The SMILES string of the molecule is COC(=O)CCN1C(=S)N[C@@H](c2ccccn2)[C@H]1c1cc(C)n(-c2cccc(Cl)c2)c1C. The van der Waals surface area contributed by atoms with E-state index in [2.05, 4.69) is 39.7 Å². The van der Waals surface area contributed by atoms with Crippen LogP contribution in [0.25, 0.3) is 5.69 Å². The van der Waals surface area contributed by atoms with Gasteiger partial charge in [0.05, 0.1) is 31.3 Å². The Morgan fingerprint density at radius 3 is 2.72 bits per heavy atom. The summed E-state index contributed by atoms with van der Waals surface area (Å²) in [5, 5.41) is 4.71. The highest BCUT2D eigenvalue weighted by molar-refractivity contribution is 7.80. The van der Waals surface area contributed by atoms with Crippen molar-refractivity contribution in [3.63, 3.8) is 0 Å². The highest BCUT2D eigenvalue weighted by Gasteiger charge is 2.41. The second-order valence-electron chi connectivity index (χ2n) is 7.79. The summed E-state index contributed by atoms with van der Waals surface area (Å²) in [4.78, 5) is 18.5. The largest absolute Gasteiger partial charge is 0.469 e. The lowest BCUT2D eigenvalue weighted by atomic mass is 9.96. The molecule has 0 amide bonds. The van der Waals surface area contributed by atoms with E-state index in [0.29, 0.717) is 16.7 Å². The fourth-order valence-corrected chi connectivity index (χ4v) is 4.91. The van der Waals surface area contributed by atoms with Crippen LogP contribution in [0, 0.1) is 13.8 Å². The third-order valence-corrected chi connectivity index (χ3v) is 6.43. The van der Waals surface area contributed by atoms with Gasteiger partial charge >= 0.3 is 5.97 Å². The van der Waals surface area contributed by atoms with Crippen LogP contribution in [0.3, 0.4) is 0 Å². The third kappa shape index (κ3) is 4.23. The van der Waals surface area contributed by atoms with E-state index in [1.807, 2.05) is 42.5 Å². The number of esters is 1. The molecule has 1 aliphatic heterocycles. The van der Waals surface area contributed by atoms with Crippen molar-refractivity contribution in [3.8, 4) is 5.69 Å². The van der Waals surface area contributed by atoms with Gasteiger partial charge in [0.25, 0.3) is 0 Å². The Morgan fingerprint density at radius 1 is 1.22 bits per heavy atom. The number of carbonyl (C=O) groups is 1. The minimum atomic E-state index is -0.266. The van der Waals surface area contributed by atoms with Gasteiger partial charge in [-0.2, -0.15) is 0 Å². The number of aromatic nitrogens is 2. The van der Waals surface area contributed by atoms with Crippen LogP contribution < -0.4 is 5.32 Å². The van der Waals surface area contributed by atoms with Crippen LogP contribution >= 0.6 is 23.8 Å². The topological polar surface area (TPSA) is 59.4 Å². The summed E-state index contributed by atoms with van der Waals surface area (Å²) in [6.45, 7) is 4.62. The molecule has 4 rings (SSSR count). The van der Waals surface area contributed by atoms with Gasteiger partial charge in [0, 0.05) is 34.8 Å². The van der Waals surface area contributed by atoms with Gasteiger partial charge in [0.1, 0.15) is 0 Å². The van der Waals surface area contributed by atoms with E-state index >= 15 is 0 Å². The molecule has 1 fully saturated rings. The zero-order chi connectivity index (χ0) is 22.8. The minimum Gasteiger partial charge on any atom is -0.469 e. The maximum absolute atomic E-state index is 11.9. The van der Waals surface area contributed by atoms with E-state index in [1.165, 1.54) is 7.11 Å². The van der Waals surface area contributed by atoms with Crippen molar-refractivity contribution < 1.29 is 9.53 Å². The molecular weight excluding hydrogens is 444 g/mol. The zero-order valence-electron chi connectivity index (χ0n) is 18.2. The van der Waals surface area contributed by atoms with Gasteiger partial charge in [-0.05, 0) is 68.0 Å². The first-order valence-electron chi connectivity index (χ1n) is 10.4. The first kappa shape index (κ1) is 22.3. The number of rotatable bonds is 6. The zero-order valence-corrected chi connectivity index (χ0v) is 19.8. The smallest absolute Gasteiger partial charge is 0.307 e. The molecule has 0 radical (unpaired) electrons. The Balaban J connectivity index is 1.80. The number of thiocarbonyl (C=S) groups is 1. The molecule has 1 aliphatic rings. The first-order chi connectivity index (χ1) is 15.4. The highest BCUT2D eigenvalue weighted by atomic mass is 35.5. The van der Waals surface area contributed by atoms with Crippen LogP contribution in [0.1, 0.15) is 41.1 Å². The molecule has 3 heterocycles. The number of nitrogens with zero attached hydrogens (tertiary/aromatic N) is 3. The molecule has 166 valence electrons. The molecule has 0 aliphatic carbocycles. The molecule has 0 saturated carbocycles. The minimum absolute atomic E-state index is 0.124. The number of ether oxygens (including phenoxy) is 1. The molecule has 3 aromatic rings. The lowest BCUT2D eigenvalue weighted by Gasteiger charge is -2.28. The second kappa shape index (κ2) is 9.30. The third-order valence-electron chi connectivity index (χ3n) is 5.84. The summed E-state index contributed by atoms with van der Waals surface area (Å²) < 4.78 is 7.05. The summed E-state index contributed by atoms with van der Waals surface area (Å²) in [5.41, 5.74) is 5.20. The van der Waals surface area contributed by atoms with E-state index in [0.717, 1.165) is 28.3 Å². The average Bonchev–Trinajstić information content (AvgIpc) is 3.27. The summed E-state index contributed by atoms with van der Waals surface area (Å²) in [6, 6.07) is 15.6. The van der Waals surface area contributed by atoms with Crippen molar-refractivity contribution in [3.05, 3.63) is 82.4 Å². The van der Waals surface area contributed by atoms with Crippen molar-refractivity contribution in [2.24, 2.45) is 0 Å². The van der Waals surface area contributed by atoms with E-state index in [1.54, 1.807) is 6.20 Å². The lowest BCUT2D eigenvalue weighted by molar-refractivity contribution is -0.140. The van der Waals surface area contributed by atoms with Crippen LogP contribution in [0.15, 0.2) is 54.7 Å². The molecule has 0 unspecified atom stereocenters. The summed E-state index contributed by atoms with van der Waals surface area (Å²) in [6.07, 6.45) is 2.03. The van der Waals surface area contributed by atoms with Crippen molar-refractivity contribution in [1.29, 1.82) is 0 Å². The predicted octanol–water partition coefficient (Wildman–Crippen LogP) is 4.68. The molecule has 1 aromatic carbocycles. The van der Waals surface area contributed by atoms with Gasteiger partial charge < -0.3 is 19.5 Å². The Labute approximate surface area is 198 Å². The summed E-state index contributed by atoms with van der Waals surface area (Å²) in [7, 11) is 1.40. The first-order valence-corrected chi connectivity index (χ1v) is 11.2. The van der Waals surface area contributed by atoms with E-state index < -0.39 is 0 Å². The van der Waals surface area contributed by atoms with E-state index in [9.17, 15) is 4.79 Å². The number of halogens is 1. The Bertz CT molecular complexity index is 1150. The average molecular weight is 469 g/mol. The molecule has 0 bridgehead atoms. The standard InChI is InChI=1S/C24H25ClN4O2S/c1-15-13-19(16(2)29(15)18-8-6-7-17(25)14-18)23-22(20-9-4-5-11-26-20)27-24(32)28(23)12-10-21(30)31-3/h4-9,11,13-14,22-23H,10,12H2,1-3H3,(H,27,32)/t22-,23+/m0/s1. The molecule has 0 spiro atoms. The number of methoxy groups -OCH3 is 1. The van der Waals surface area contributed by atoms with Crippen molar-refractivity contribution in [1.82, 2.24) is 19.8 Å². The summed E-state index contributed by atoms with van der Waals surface area (Å²) >= 11 is 11.9. The predicted molar refractivity (Wildman–Crippen MR) is 129 cm³/mol. The van der Waals surface area contributed by atoms with E-state index in [-0.39, 0.29) is 24.5 Å². The number of benzene rings is 1. The maximum Gasteiger partial charge on any atom is 0.307 e. The number of pyridine rings is 1. The molecule has 6 nitrogen and oxygen atoms in total. The van der Waals surface area contributed by atoms with Crippen LogP contribution in [0.2, 0.25) is 5.02 Å². The molecule has 8 heteroatoms. The number of nitrogens with one attached hydrogen (secondary N) is 1. The number of aryl methyl sites for hydroxylation is 1. The fourth-order valence-electron chi connectivity index (χ4n) is 4.40. The monoisotopic (exact) mass is 468 g/mol. The quantitative estimate of drug-likeness (QED) is 0.418. The number of hydrogen-bond acceptors (Lipinski definition) is 4. The van der Waals surface area contributed by atoms with Crippen LogP contribution in [-0.2, 0) is 9.53 Å². The molecule has 2 atom stereocenters. The van der Waals surface area contributed by atoms with Crippen LogP contribution in [0.4, 0.5) is 0 Å². The molecule has 2 aromatic heterocycles. The Kier molecular flexibility index (Phi) is 6.48. The van der Waals surface area contributed by atoms with Crippen molar-refractivity contribution >= 4 is 34.9 Å². The van der Waals surface area contributed by atoms with Crippen LogP contribution in [-0.4, -0.2) is 39.2 Å².